The van der Waals surface area contributed by atoms with Crippen molar-refractivity contribution in [1.82, 2.24) is 14.8 Å². The summed E-state index contributed by atoms with van der Waals surface area (Å²) in [4.78, 5) is 0. The summed E-state index contributed by atoms with van der Waals surface area (Å²) in [5.41, 5.74) is 0. The Labute approximate surface area is 59.5 Å². The molecule has 0 radical (unpaired) electrons. The monoisotopic (exact) mass is 141 g/mol. The van der Waals surface area contributed by atoms with Gasteiger partial charge in [0.1, 0.15) is 12.9 Å². The van der Waals surface area contributed by atoms with Crippen LogP contribution >= 0.6 is 0 Å². The lowest BCUT2D eigenvalue weighted by atomic mass is 10.4. The zero-order valence-electron chi connectivity index (χ0n) is 5.99. The van der Waals surface area contributed by atoms with Gasteiger partial charge >= 0.3 is 0 Å². The number of nitrogens with zero attached hydrogens (tertiary/aromatic N) is 3. The van der Waals surface area contributed by atoms with Gasteiger partial charge in [0.05, 0.1) is 0 Å². The van der Waals surface area contributed by atoms with Gasteiger partial charge < -0.3 is 9.67 Å². The SMILES string of the molecule is CCCn1cnnc1CO. The molecule has 1 aromatic rings. The molecular weight excluding hydrogens is 130 g/mol. The largest absolute Gasteiger partial charge is 0.388 e. The molecule has 0 spiro atoms. The Morgan fingerprint density at radius 3 is 3.10 bits per heavy atom. The van der Waals surface area contributed by atoms with Crippen LogP contribution in [-0.2, 0) is 13.2 Å². The molecule has 0 saturated heterocycles. The summed E-state index contributed by atoms with van der Waals surface area (Å²) in [5.74, 6) is 0.641. The average molecular weight is 141 g/mol. The van der Waals surface area contributed by atoms with Crippen LogP contribution in [0.25, 0.3) is 0 Å². The maximum absolute atomic E-state index is 8.71. The number of hydrogen-bond donors (Lipinski definition) is 1. The van der Waals surface area contributed by atoms with Crippen molar-refractivity contribution in [3.05, 3.63) is 12.2 Å². The van der Waals surface area contributed by atoms with E-state index >= 15 is 0 Å². The van der Waals surface area contributed by atoms with E-state index in [4.69, 9.17) is 5.11 Å². The van der Waals surface area contributed by atoms with Crippen molar-refractivity contribution in [2.45, 2.75) is 26.5 Å². The van der Waals surface area contributed by atoms with Crippen molar-refractivity contribution in [3.8, 4) is 0 Å². The van der Waals surface area contributed by atoms with Crippen LogP contribution < -0.4 is 0 Å². The average Bonchev–Trinajstić information content (AvgIpc) is 2.36. The molecule has 0 amide bonds. The molecule has 0 aliphatic rings. The molecule has 4 heteroatoms. The zero-order valence-corrected chi connectivity index (χ0v) is 5.99. The van der Waals surface area contributed by atoms with Gasteiger partial charge in [-0.3, -0.25) is 0 Å². The van der Waals surface area contributed by atoms with Gasteiger partial charge in [0.15, 0.2) is 5.82 Å². The summed E-state index contributed by atoms with van der Waals surface area (Å²) < 4.78 is 1.85. The predicted octanol–water partition coefficient (Wildman–Crippen LogP) is 0.180. The fourth-order valence-corrected chi connectivity index (χ4v) is 0.829. The summed E-state index contributed by atoms with van der Waals surface area (Å²) in [5, 5.41) is 16.1. The van der Waals surface area contributed by atoms with Crippen LogP contribution in [0, 0.1) is 0 Å². The Balaban J connectivity index is 2.70. The molecule has 1 heterocycles. The molecule has 0 bridgehead atoms. The Bertz CT molecular complexity index is 197. The van der Waals surface area contributed by atoms with Gasteiger partial charge in [-0.15, -0.1) is 10.2 Å². The number of hydrogen-bond acceptors (Lipinski definition) is 3. The Kier molecular flexibility index (Phi) is 2.39. The smallest absolute Gasteiger partial charge is 0.158 e. The maximum Gasteiger partial charge on any atom is 0.158 e. The quantitative estimate of drug-likeness (QED) is 0.653. The van der Waals surface area contributed by atoms with Crippen molar-refractivity contribution in [3.63, 3.8) is 0 Å². The fraction of sp³-hybridized carbons (Fsp3) is 0.667. The van der Waals surface area contributed by atoms with E-state index in [2.05, 4.69) is 17.1 Å². The lowest BCUT2D eigenvalue weighted by molar-refractivity contribution is 0.264. The Hall–Kier alpha value is -0.900. The molecule has 56 valence electrons. The molecular formula is C6H11N3O. The summed E-state index contributed by atoms with van der Waals surface area (Å²) in [6.07, 6.45) is 2.67. The highest BCUT2D eigenvalue weighted by Crippen LogP contribution is 1.95. The van der Waals surface area contributed by atoms with E-state index < -0.39 is 0 Å². The molecule has 10 heavy (non-hydrogen) atoms. The minimum atomic E-state index is -0.0278. The lowest BCUT2D eigenvalue weighted by Gasteiger charge is -1.99. The minimum absolute atomic E-state index is 0.0278. The Morgan fingerprint density at radius 1 is 1.70 bits per heavy atom. The van der Waals surface area contributed by atoms with E-state index in [1.54, 1.807) is 6.33 Å². The first kappa shape index (κ1) is 7.21. The lowest BCUT2D eigenvalue weighted by Crippen LogP contribution is -2.01. The number of rotatable bonds is 3. The van der Waals surface area contributed by atoms with Gasteiger partial charge in [-0.2, -0.15) is 0 Å². The summed E-state index contributed by atoms with van der Waals surface area (Å²) in [6, 6.07) is 0. The minimum Gasteiger partial charge on any atom is -0.388 e. The van der Waals surface area contributed by atoms with Crippen molar-refractivity contribution in [2.75, 3.05) is 0 Å². The first-order valence-electron chi connectivity index (χ1n) is 3.36. The molecule has 1 N–H and O–H groups in total. The van der Waals surface area contributed by atoms with Gasteiger partial charge in [-0.25, -0.2) is 0 Å². The second-order valence-corrected chi connectivity index (χ2v) is 2.10. The van der Waals surface area contributed by atoms with Crippen molar-refractivity contribution in [2.24, 2.45) is 0 Å². The van der Waals surface area contributed by atoms with E-state index in [0.717, 1.165) is 13.0 Å². The van der Waals surface area contributed by atoms with Crippen LogP contribution in [0.2, 0.25) is 0 Å². The first-order chi connectivity index (χ1) is 4.88. The molecule has 0 saturated carbocycles. The van der Waals surface area contributed by atoms with Crippen LogP contribution in [0.4, 0.5) is 0 Å². The second kappa shape index (κ2) is 3.31. The second-order valence-electron chi connectivity index (χ2n) is 2.10. The molecule has 1 aromatic heterocycles. The highest BCUT2D eigenvalue weighted by atomic mass is 16.3. The summed E-state index contributed by atoms with van der Waals surface area (Å²) in [7, 11) is 0. The maximum atomic E-state index is 8.71. The van der Waals surface area contributed by atoms with Gasteiger partial charge in [-0.05, 0) is 6.42 Å². The van der Waals surface area contributed by atoms with Crippen LogP contribution in [0.15, 0.2) is 6.33 Å². The number of aromatic nitrogens is 3. The third-order valence-corrected chi connectivity index (χ3v) is 1.30. The van der Waals surface area contributed by atoms with E-state index in [-0.39, 0.29) is 6.61 Å². The number of aliphatic hydroxyl groups excluding tert-OH is 1. The standard InChI is InChI=1S/C6H11N3O/c1-2-3-9-5-7-8-6(9)4-10/h5,10H,2-4H2,1H3. The molecule has 0 aliphatic carbocycles. The predicted molar refractivity (Wildman–Crippen MR) is 36.2 cm³/mol. The molecule has 0 fully saturated rings. The normalized spacial score (nSPS) is 10.2. The highest BCUT2D eigenvalue weighted by molar-refractivity contribution is 4.81. The van der Waals surface area contributed by atoms with Crippen LogP contribution in [0.5, 0.6) is 0 Å². The molecule has 0 aromatic carbocycles. The molecule has 0 atom stereocenters. The van der Waals surface area contributed by atoms with E-state index in [9.17, 15) is 0 Å². The summed E-state index contributed by atoms with van der Waals surface area (Å²) in [6.45, 7) is 2.92. The van der Waals surface area contributed by atoms with Crippen LogP contribution in [0.3, 0.4) is 0 Å². The van der Waals surface area contributed by atoms with Gasteiger partial charge in [0.25, 0.3) is 0 Å². The molecule has 1 rings (SSSR count). The van der Waals surface area contributed by atoms with Crippen LogP contribution in [0.1, 0.15) is 19.2 Å². The zero-order chi connectivity index (χ0) is 7.40. The van der Waals surface area contributed by atoms with Crippen molar-refractivity contribution >= 4 is 0 Å². The third kappa shape index (κ3) is 1.33. The first-order valence-corrected chi connectivity index (χ1v) is 3.36. The van der Waals surface area contributed by atoms with E-state index in [1.165, 1.54) is 0 Å². The van der Waals surface area contributed by atoms with Gasteiger partial charge in [0.2, 0.25) is 0 Å². The van der Waals surface area contributed by atoms with Gasteiger partial charge in [0, 0.05) is 6.54 Å². The van der Waals surface area contributed by atoms with E-state index in [1.807, 2.05) is 4.57 Å². The van der Waals surface area contributed by atoms with Gasteiger partial charge in [-0.1, -0.05) is 6.92 Å². The van der Waals surface area contributed by atoms with Crippen LogP contribution in [-0.4, -0.2) is 19.9 Å². The molecule has 0 aliphatic heterocycles. The number of aryl methyl sites for hydroxylation is 1. The summed E-state index contributed by atoms with van der Waals surface area (Å²) >= 11 is 0. The molecule has 0 unspecified atom stereocenters. The van der Waals surface area contributed by atoms with Crippen molar-refractivity contribution < 1.29 is 5.11 Å². The number of aliphatic hydroxyl groups is 1. The highest BCUT2D eigenvalue weighted by Gasteiger charge is 1.98. The van der Waals surface area contributed by atoms with Crippen molar-refractivity contribution in [1.29, 1.82) is 0 Å². The topological polar surface area (TPSA) is 50.9 Å². The molecule has 4 nitrogen and oxygen atoms in total. The fourth-order valence-electron chi connectivity index (χ4n) is 0.829. The van der Waals surface area contributed by atoms with E-state index in [0.29, 0.717) is 5.82 Å². The third-order valence-electron chi connectivity index (χ3n) is 1.30. The Morgan fingerprint density at radius 2 is 2.50 bits per heavy atom.